The number of benzene rings is 1. The molecule has 0 amide bonds. The molecule has 1 aromatic carbocycles. The molecule has 1 saturated carbocycles. The highest BCUT2D eigenvalue weighted by molar-refractivity contribution is 6.30. The van der Waals surface area contributed by atoms with Crippen LogP contribution in [0.2, 0.25) is 5.02 Å². The van der Waals surface area contributed by atoms with Crippen molar-refractivity contribution < 1.29 is 9.50 Å². The molecular formula is C14H18ClFO. The molecule has 1 aliphatic rings. The van der Waals surface area contributed by atoms with Crippen LogP contribution in [0.15, 0.2) is 18.2 Å². The van der Waals surface area contributed by atoms with Gasteiger partial charge in [-0.25, -0.2) is 4.39 Å². The van der Waals surface area contributed by atoms with Crippen molar-refractivity contribution in [3.05, 3.63) is 34.6 Å². The first-order valence-corrected chi connectivity index (χ1v) is 6.54. The molecule has 1 fully saturated rings. The number of rotatable bonds is 2. The van der Waals surface area contributed by atoms with E-state index in [1.807, 2.05) is 6.92 Å². The van der Waals surface area contributed by atoms with E-state index in [1.54, 1.807) is 12.1 Å². The Bertz CT molecular complexity index is 399. The van der Waals surface area contributed by atoms with Crippen LogP contribution in [0.4, 0.5) is 4.39 Å². The lowest BCUT2D eigenvalue weighted by molar-refractivity contribution is 0.00586. The highest BCUT2D eigenvalue weighted by Crippen LogP contribution is 2.46. The number of hydrogen-bond donors (Lipinski definition) is 1. The van der Waals surface area contributed by atoms with Crippen LogP contribution in [0.25, 0.3) is 0 Å². The molecule has 0 saturated heterocycles. The van der Waals surface area contributed by atoms with Gasteiger partial charge in [0.05, 0.1) is 6.10 Å². The Kier molecular flexibility index (Phi) is 3.74. The highest BCUT2D eigenvalue weighted by atomic mass is 35.5. The van der Waals surface area contributed by atoms with Crippen LogP contribution in [-0.4, -0.2) is 5.11 Å². The van der Waals surface area contributed by atoms with Crippen molar-refractivity contribution in [1.29, 1.82) is 0 Å². The van der Waals surface area contributed by atoms with Gasteiger partial charge in [-0.15, -0.1) is 0 Å². The topological polar surface area (TPSA) is 20.2 Å². The first-order chi connectivity index (χ1) is 8.03. The number of aliphatic hydroxyl groups is 1. The second kappa shape index (κ2) is 4.95. The Morgan fingerprint density at radius 1 is 1.29 bits per heavy atom. The van der Waals surface area contributed by atoms with Gasteiger partial charge in [0, 0.05) is 10.6 Å². The third kappa shape index (κ3) is 2.63. The average molecular weight is 257 g/mol. The SMILES string of the molecule is CC1(C(O)c2ccc(Cl)cc2F)CCCCC1. The number of hydrogen-bond acceptors (Lipinski definition) is 1. The van der Waals surface area contributed by atoms with Crippen LogP contribution in [0.1, 0.15) is 50.7 Å². The highest BCUT2D eigenvalue weighted by Gasteiger charge is 2.36. The zero-order chi connectivity index (χ0) is 12.5. The van der Waals surface area contributed by atoms with E-state index in [0.717, 1.165) is 25.7 Å². The van der Waals surface area contributed by atoms with Crippen molar-refractivity contribution in [2.75, 3.05) is 0 Å². The standard InChI is InChI=1S/C14H18ClFO/c1-14(7-3-2-4-8-14)13(17)11-6-5-10(15)9-12(11)16/h5-6,9,13,17H,2-4,7-8H2,1H3. The molecule has 0 bridgehead atoms. The molecule has 17 heavy (non-hydrogen) atoms. The fourth-order valence-corrected chi connectivity index (χ4v) is 2.89. The maximum absolute atomic E-state index is 13.8. The summed E-state index contributed by atoms with van der Waals surface area (Å²) in [6.07, 6.45) is 4.61. The summed E-state index contributed by atoms with van der Waals surface area (Å²) in [6, 6.07) is 4.50. The zero-order valence-corrected chi connectivity index (χ0v) is 10.8. The van der Waals surface area contributed by atoms with Crippen molar-refractivity contribution in [1.82, 2.24) is 0 Å². The molecule has 1 aromatic rings. The monoisotopic (exact) mass is 256 g/mol. The van der Waals surface area contributed by atoms with E-state index in [9.17, 15) is 9.50 Å². The van der Waals surface area contributed by atoms with Gasteiger partial charge in [0.2, 0.25) is 0 Å². The smallest absolute Gasteiger partial charge is 0.130 e. The maximum Gasteiger partial charge on any atom is 0.130 e. The molecule has 1 atom stereocenters. The van der Waals surface area contributed by atoms with Gasteiger partial charge in [0.15, 0.2) is 0 Å². The van der Waals surface area contributed by atoms with E-state index in [2.05, 4.69) is 0 Å². The van der Waals surface area contributed by atoms with Crippen LogP contribution in [0.3, 0.4) is 0 Å². The third-order valence-corrected chi connectivity index (χ3v) is 4.15. The molecule has 0 aliphatic heterocycles. The molecule has 0 spiro atoms. The normalized spacial score (nSPS) is 21.2. The molecule has 2 rings (SSSR count). The summed E-state index contributed by atoms with van der Waals surface area (Å²) in [7, 11) is 0. The van der Waals surface area contributed by atoms with E-state index < -0.39 is 11.9 Å². The molecule has 1 unspecified atom stereocenters. The number of aliphatic hydroxyl groups excluding tert-OH is 1. The summed E-state index contributed by atoms with van der Waals surface area (Å²) >= 11 is 5.72. The van der Waals surface area contributed by atoms with Crippen molar-refractivity contribution in [3.63, 3.8) is 0 Å². The van der Waals surface area contributed by atoms with E-state index >= 15 is 0 Å². The van der Waals surface area contributed by atoms with E-state index in [4.69, 9.17) is 11.6 Å². The van der Waals surface area contributed by atoms with Crippen molar-refractivity contribution in [2.24, 2.45) is 5.41 Å². The van der Waals surface area contributed by atoms with Crippen molar-refractivity contribution in [3.8, 4) is 0 Å². The Labute approximate surface area is 107 Å². The molecular weight excluding hydrogens is 239 g/mol. The van der Waals surface area contributed by atoms with E-state index in [-0.39, 0.29) is 5.41 Å². The second-order valence-corrected chi connectivity index (χ2v) is 5.72. The predicted octanol–water partition coefficient (Wildman–Crippen LogP) is 4.48. The lowest BCUT2D eigenvalue weighted by Gasteiger charge is -2.38. The summed E-state index contributed by atoms with van der Waals surface area (Å²) in [6.45, 7) is 2.05. The Hall–Kier alpha value is -0.600. The second-order valence-electron chi connectivity index (χ2n) is 5.28. The van der Waals surface area contributed by atoms with Gasteiger partial charge in [-0.05, 0) is 30.4 Å². The minimum absolute atomic E-state index is 0.201. The molecule has 1 aliphatic carbocycles. The largest absolute Gasteiger partial charge is 0.388 e. The Morgan fingerprint density at radius 3 is 2.53 bits per heavy atom. The molecule has 0 aromatic heterocycles. The van der Waals surface area contributed by atoms with Crippen molar-refractivity contribution in [2.45, 2.75) is 45.1 Å². The molecule has 3 heteroatoms. The molecule has 1 N–H and O–H groups in total. The molecule has 1 nitrogen and oxygen atoms in total. The minimum atomic E-state index is -0.736. The fourth-order valence-electron chi connectivity index (χ4n) is 2.73. The van der Waals surface area contributed by atoms with Crippen LogP contribution in [-0.2, 0) is 0 Å². The molecule has 0 radical (unpaired) electrons. The summed E-state index contributed by atoms with van der Waals surface area (Å²) in [5.74, 6) is -0.406. The maximum atomic E-state index is 13.8. The first kappa shape index (κ1) is 12.8. The lowest BCUT2D eigenvalue weighted by atomic mass is 9.70. The third-order valence-electron chi connectivity index (χ3n) is 3.91. The van der Waals surface area contributed by atoms with Crippen LogP contribution in [0, 0.1) is 11.2 Å². The van der Waals surface area contributed by atoms with Gasteiger partial charge in [0.25, 0.3) is 0 Å². The number of halogens is 2. The zero-order valence-electron chi connectivity index (χ0n) is 10.0. The summed E-state index contributed by atoms with van der Waals surface area (Å²) < 4.78 is 13.8. The van der Waals surface area contributed by atoms with E-state index in [0.29, 0.717) is 10.6 Å². The average Bonchev–Trinajstić information content (AvgIpc) is 2.29. The first-order valence-electron chi connectivity index (χ1n) is 6.16. The summed E-state index contributed by atoms with van der Waals surface area (Å²) in [5.41, 5.74) is 0.172. The van der Waals surface area contributed by atoms with Gasteiger partial charge in [-0.3, -0.25) is 0 Å². The summed E-state index contributed by atoms with van der Waals surface area (Å²) in [5, 5.41) is 10.8. The van der Waals surface area contributed by atoms with Crippen molar-refractivity contribution >= 4 is 11.6 Å². The van der Waals surface area contributed by atoms with Gasteiger partial charge in [0.1, 0.15) is 5.82 Å². The van der Waals surface area contributed by atoms with Crippen LogP contribution in [0.5, 0.6) is 0 Å². The van der Waals surface area contributed by atoms with Gasteiger partial charge in [-0.2, -0.15) is 0 Å². The summed E-state index contributed by atoms with van der Waals surface area (Å²) in [4.78, 5) is 0. The lowest BCUT2D eigenvalue weighted by Crippen LogP contribution is -2.28. The Balaban J connectivity index is 2.26. The Morgan fingerprint density at radius 2 is 1.94 bits per heavy atom. The predicted molar refractivity (Wildman–Crippen MR) is 67.6 cm³/mol. The van der Waals surface area contributed by atoms with Gasteiger partial charge in [-0.1, -0.05) is 43.9 Å². The fraction of sp³-hybridized carbons (Fsp3) is 0.571. The molecule has 0 heterocycles. The van der Waals surface area contributed by atoms with Gasteiger partial charge >= 0.3 is 0 Å². The van der Waals surface area contributed by atoms with Crippen LogP contribution >= 0.6 is 11.6 Å². The minimum Gasteiger partial charge on any atom is -0.388 e. The van der Waals surface area contributed by atoms with Crippen LogP contribution < -0.4 is 0 Å². The molecule has 94 valence electrons. The quantitative estimate of drug-likeness (QED) is 0.827. The van der Waals surface area contributed by atoms with E-state index in [1.165, 1.54) is 12.5 Å². The van der Waals surface area contributed by atoms with Gasteiger partial charge < -0.3 is 5.11 Å².